The molecule has 1 aliphatic rings. The second-order valence-electron chi connectivity index (χ2n) is 5.39. The highest BCUT2D eigenvalue weighted by molar-refractivity contribution is 5.34. The maximum Gasteiger partial charge on any atom is 0.123 e. The van der Waals surface area contributed by atoms with Gasteiger partial charge in [0.15, 0.2) is 0 Å². The van der Waals surface area contributed by atoms with E-state index in [1.54, 1.807) is 6.07 Å². The highest BCUT2D eigenvalue weighted by Gasteiger charge is 2.16. The lowest BCUT2D eigenvalue weighted by Gasteiger charge is -2.16. The molecule has 2 rings (SSSR count). The van der Waals surface area contributed by atoms with Crippen LogP contribution in [0.5, 0.6) is 5.75 Å². The highest BCUT2D eigenvalue weighted by Crippen LogP contribution is 2.27. The minimum absolute atomic E-state index is 0.0145. The molecule has 0 saturated heterocycles. The molecule has 0 amide bonds. The van der Waals surface area contributed by atoms with Gasteiger partial charge in [0.25, 0.3) is 0 Å². The van der Waals surface area contributed by atoms with Crippen LogP contribution in [0.4, 0.5) is 4.39 Å². The minimum atomic E-state index is -0.223. The fourth-order valence-corrected chi connectivity index (χ4v) is 2.58. The van der Waals surface area contributed by atoms with Gasteiger partial charge >= 0.3 is 0 Å². The first-order chi connectivity index (χ1) is 8.65. The van der Waals surface area contributed by atoms with Gasteiger partial charge in [0, 0.05) is 6.04 Å². The van der Waals surface area contributed by atoms with E-state index in [1.807, 2.05) is 6.92 Å². The molecule has 2 nitrogen and oxygen atoms in total. The monoisotopic (exact) mass is 251 g/mol. The van der Waals surface area contributed by atoms with E-state index in [9.17, 15) is 4.39 Å². The van der Waals surface area contributed by atoms with Crippen LogP contribution >= 0.6 is 0 Å². The van der Waals surface area contributed by atoms with E-state index in [1.165, 1.54) is 37.8 Å². The molecular formula is C15H22FNO. The highest BCUT2D eigenvalue weighted by atomic mass is 19.1. The van der Waals surface area contributed by atoms with E-state index in [-0.39, 0.29) is 11.9 Å². The van der Waals surface area contributed by atoms with Gasteiger partial charge in [-0.05, 0) is 55.9 Å². The number of rotatable bonds is 5. The molecule has 1 aliphatic carbocycles. The van der Waals surface area contributed by atoms with E-state index in [0.717, 1.165) is 17.9 Å². The Hall–Kier alpha value is -1.09. The Morgan fingerprint density at radius 2 is 2.11 bits per heavy atom. The van der Waals surface area contributed by atoms with Crippen molar-refractivity contribution in [2.75, 3.05) is 6.61 Å². The summed E-state index contributed by atoms with van der Waals surface area (Å²) in [5.74, 6) is 1.23. The maximum atomic E-state index is 13.2. The second kappa shape index (κ2) is 6.19. The molecule has 0 radical (unpaired) electrons. The normalized spacial score (nSPS) is 17.9. The number of nitrogens with two attached hydrogens (primary N) is 1. The lowest BCUT2D eigenvalue weighted by atomic mass is 10.1. The van der Waals surface area contributed by atoms with E-state index in [2.05, 4.69) is 0 Å². The number of benzene rings is 1. The first kappa shape index (κ1) is 13.3. The minimum Gasteiger partial charge on any atom is -0.493 e. The zero-order valence-electron chi connectivity index (χ0n) is 11.0. The fourth-order valence-electron chi connectivity index (χ4n) is 2.58. The molecule has 2 N–H and O–H groups in total. The molecule has 0 bridgehead atoms. The maximum absolute atomic E-state index is 13.2. The smallest absolute Gasteiger partial charge is 0.123 e. The van der Waals surface area contributed by atoms with Crippen LogP contribution in [-0.2, 0) is 6.42 Å². The molecule has 0 heterocycles. The molecular weight excluding hydrogens is 229 g/mol. The van der Waals surface area contributed by atoms with Crippen molar-refractivity contribution in [2.24, 2.45) is 11.7 Å². The van der Waals surface area contributed by atoms with Crippen LogP contribution in [0.25, 0.3) is 0 Å². The van der Waals surface area contributed by atoms with Gasteiger partial charge in [-0.1, -0.05) is 12.8 Å². The van der Waals surface area contributed by atoms with Crippen molar-refractivity contribution < 1.29 is 9.13 Å². The van der Waals surface area contributed by atoms with Crippen molar-refractivity contribution in [3.63, 3.8) is 0 Å². The summed E-state index contributed by atoms with van der Waals surface area (Å²) in [6.07, 6.45) is 5.78. The van der Waals surface area contributed by atoms with E-state index < -0.39 is 0 Å². The average Bonchev–Trinajstić information content (AvgIpc) is 2.80. The molecule has 0 aromatic heterocycles. The Kier molecular flexibility index (Phi) is 4.59. The molecule has 3 heteroatoms. The van der Waals surface area contributed by atoms with E-state index in [0.29, 0.717) is 12.3 Å². The molecule has 1 fully saturated rings. The van der Waals surface area contributed by atoms with Crippen molar-refractivity contribution in [3.8, 4) is 5.75 Å². The van der Waals surface area contributed by atoms with Crippen molar-refractivity contribution in [1.29, 1.82) is 0 Å². The van der Waals surface area contributed by atoms with Crippen molar-refractivity contribution >= 4 is 0 Å². The van der Waals surface area contributed by atoms with Crippen molar-refractivity contribution in [2.45, 2.75) is 45.1 Å². The Morgan fingerprint density at radius 1 is 1.39 bits per heavy atom. The van der Waals surface area contributed by atoms with Gasteiger partial charge in [0.2, 0.25) is 0 Å². The zero-order chi connectivity index (χ0) is 13.0. The van der Waals surface area contributed by atoms with Crippen LogP contribution in [-0.4, -0.2) is 12.6 Å². The molecule has 1 saturated carbocycles. The summed E-state index contributed by atoms with van der Waals surface area (Å²) in [6.45, 7) is 2.67. The number of hydrogen-bond donors (Lipinski definition) is 1. The SMILES string of the molecule is CC(N)Cc1cc(F)ccc1OCC1CCCC1. The Balaban J connectivity index is 2.00. The van der Waals surface area contributed by atoms with Crippen LogP contribution < -0.4 is 10.5 Å². The van der Waals surface area contributed by atoms with Gasteiger partial charge in [0.1, 0.15) is 11.6 Å². The molecule has 0 spiro atoms. The Bertz CT molecular complexity index is 386. The summed E-state index contributed by atoms with van der Waals surface area (Å²) >= 11 is 0. The lowest BCUT2D eigenvalue weighted by Crippen LogP contribution is -2.19. The quantitative estimate of drug-likeness (QED) is 0.871. The largest absolute Gasteiger partial charge is 0.493 e. The predicted molar refractivity (Wildman–Crippen MR) is 71.2 cm³/mol. The summed E-state index contributed by atoms with van der Waals surface area (Å²) in [5.41, 5.74) is 6.66. The van der Waals surface area contributed by atoms with Crippen LogP contribution in [0.15, 0.2) is 18.2 Å². The van der Waals surface area contributed by atoms with Crippen molar-refractivity contribution in [3.05, 3.63) is 29.6 Å². The van der Waals surface area contributed by atoms with Crippen LogP contribution in [0, 0.1) is 11.7 Å². The summed E-state index contributed by atoms with van der Waals surface area (Å²) in [7, 11) is 0. The first-order valence-corrected chi connectivity index (χ1v) is 6.82. The number of ether oxygens (including phenoxy) is 1. The summed E-state index contributed by atoms with van der Waals surface area (Å²) in [5, 5.41) is 0. The topological polar surface area (TPSA) is 35.2 Å². The predicted octanol–water partition coefficient (Wildman–Crippen LogP) is 3.28. The summed E-state index contributed by atoms with van der Waals surface area (Å²) in [4.78, 5) is 0. The molecule has 1 aromatic carbocycles. The number of hydrogen-bond acceptors (Lipinski definition) is 2. The van der Waals surface area contributed by atoms with Gasteiger partial charge in [-0.15, -0.1) is 0 Å². The Labute approximate surface area is 108 Å². The molecule has 100 valence electrons. The van der Waals surface area contributed by atoms with Gasteiger partial charge in [0.05, 0.1) is 6.61 Å². The third-order valence-corrected chi connectivity index (χ3v) is 3.51. The first-order valence-electron chi connectivity index (χ1n) is 6.82. The van der Waals surface area contributed by atoms with Crippen LogP contribution in [0.3, 0.4) is 0 Å². The average molecular weight is 251 g/mol. The van der Waals surface area contributed by atoms with Gasteiger partial charge in [-0.25, -0.2) is 4.39 Å². The van der Waals surface area contributed by atoms with E-state index in [4.69, 9.17) is 10.5 Å². The molecule has 1 atom stereocenters. The molecule has 0 aliphatic heterocycles. The van der Waals surface area contributed by atoms with Crippen LogP contribution in [0.2, 0.25) is 0 Å². The standard InChI is InChI=1S/C15H22FNO/c1-11(17)8-13-9-14(16)6-7-15(13)18-10-12-4-2-3-5-12/h6-7,9,11-12H,2-5,8,10,17H2,1H3. The summed E-state index contributed by atoms with van der Waals surface area (Å²) < 4.78 is 19.1. The third kappa shape index (κ3) is 3.70. The third-order valence-electron chi connectivity index (χ3n) is 3.51. The van der Waals surface area contributed by atoms with E-state index >= 15 is 0 Å². The Morgan fingerprint density at radius 3 is 2.78 bits per heavy atom. The zero-order valence-corrected chi connectivity index (χ0v) is 11.0. The second-order valence-corrected chi connectivity index (χ2v) is 5.39. The fraction of sp³-hybridized carbons (Fsp3) is 0.600. The van der Waals surface area contributed by atoms with Crippen molar-refractivity contribution in [1.82, 2.24) is 0 Å². The van der Waals surface area contributed by atoms with Crippen LogP contribution in [0.1, 0.15) is 38.2 Å². The molecule has 18 heavy (non-hydrogen) atoms. The number of halogens is 1. The molecule has 1 unspecified atom stereocenters. The molecule has 1 aromatic rings. The van der Waals surface area contributed by atoms with Gasteiger partial charge in [-0.3, -0.25) is 0 Å². The summed E-state index contributed by atoms with van der Waals surface area (Å²) in [6, 6.07) is 4.73. The van der Waals surface area contributed by atoms with Gasteiger partial charge in [-0.2, -0.15) is 0 Å². The lowest BCUT2D eigenvalue weighted by molar-refractivity contribution is 0.249. The van der Waals surface area contributed by atoms with Gasteiger partial charge < -0.3 is 10.5 Å².